The Morgan fingerprint density at radius 2 is 2.05 bits per heavy atom. The average Bonchev–Trinajstić information content (AvgIpc) is 2.85. The molecule has 2 unspecified atom stereocenters. The van der Waals surface area contributed by atoms with Crippen molar-refractivity contribution in [1.29, 1.82) is 0 Å². The second-order valence-corrected chi connectivity index (χ2v) is 8.62. The van der Waals surface area contributed by atoms with E-state index in [2.05, 4.69) is 31.2 Å². The normalized spacial score (nSPS) is 15.6. The smallest absolute Gasteiger partial charge is 0.305 e. The van der Waals surface area contributed by atoms with Crippen LogP contribution in [0.1, 0.15) is 33.9 Å². The van der Waals surface area contributed by atoms with Gasteiger partial charge in [-0.15, -0.1) is 0 Å². The quantitative estimate of drug-likeness (QED) is 0.239. The largest absolute Gasteiger partial charge is 0.506 e. The van der Waals surface area contributed by atoms with Crippen LogP contribution in [-0.2, 0) is 9.59 Å². The summed E-state index contributed by atoms with van der Waals surface area (Å²) in [5, 5.41) is 39.9. The number of aryl methyl sites for hydroxylation is 1. The number of phenolic OH excluding ortho intramolecular Hbond substituents is 1. The van der Waals surface area contributed by atoms with Crippen LogP contribution < -0.4 is 26.0 Å². The van der Waals surface area contributed by atoms with E-state index >= 15 is 0 Å². The maximum absolute atomic E-state index is 12.7. The number of carboxylic acid groups (broad SMARTS) is 1. The molecule has 0 saturated carbocycles. The van der Waals surface area contributed by atoms with E-state index in [-0.39, 0.29) is 34.3 Å². The van der Waals surface area contributed by atoms with Crippen molar-refractivity contribution in [3.05, 3.63) is 46.1 Å². The summed E-state index contributed by atoms with van der Waals surface area (Å²) in [6.07, 6.45) is 0.145. The van der Waals surface area contributed by atoms with E-state index in [1.54, 1.807) is 6.92 Å². The Bertz CT molecular complexity index is 1220. The molecule has 37 heavy (non-hydrogen) atoms. The number of aromatic nitrogens is 1. The molecule has 13 nitrogen and oxygen atoms in total. The maximum atomic E-state index is 12.7. The highest BCUT2D eigenvalue weighted by Crippen LogP contribution is 2.34. The van der Waals surface area contributed by atoms with Crippen LogP contribution in [0.2, 0.25) is 5.02 Å². The van der Waals surface area contributed by atoms with Crippen LogP contribution >= 0.6 is 11.6 Å². The molecular weight excluding hydrogens is 508 g/mol. The fraction of sp³-hybridized carbons (Fsp3) is 0.348. The molecule has 2 atom stereocenters. The number of aliphatic hydroxyl groups is 1. The number of rotatable bonds is 9. The van der Waals surface area contributed by atoms with Crippen LogP contribution in [0.5, 0.6) is 11.6 Å². The zero-order chi connectivity index (χ0) is 27.1. The third-order valence-electron chi connectivity index (χ3n) is 5.26. The Morgan fingerprint density at radius 3 is 2.70 bits per heavy atom. The Kier molecular flexibility index (Phi) is 9.09. The maximum Gasteiger partial charge on any atom is 0.305 e. The number of amides is 2. The fourth-order valence-corrected chi connectivity index (χ4v) is 3.80. The Hall–Kier alpha value is -4.10. The number of β-amino-alcohol motifs (C(OH)–C–C–N with tert-alkyl or cyclic N) is 1. The lowest BCUT2D eigenvalue weighted by Gasteiger charge is -2.21. The van der Waals surface area contributed by atoms with Crippen LogP contribution in [0.4, 0.5) is 5.69 Å². The summed E-state index contributed by atoms with van der Waals surface area (Å²) in [6.45, 7) is 1.74. The van der Waals surface area contributed by atoms with Gasteiger partial charge in [0.1, 0.15) is 11.4 Å². The summed E-state index contributed by atoms with van der Waals surface area (Å²) in [5.41, 5.74) is 1.25. The number of benzene rings is 1. The van der Waals surface area contributed by atoms with Crippen LogP contribution in [-0.4, -0.2) is 76.9 Å². The van der Waals surface area contributed by atoms with E-state index in [0.29, 0.717) is 23.8 Å². The topological polar surface area (TPSA) is 194 Å². The van der Waals surface area contributed by atoms with Gasteiger partial charge < -0.3 is 41.3 Å². The van der Waals surface area contributed by atoms with Gasteiger partial charge in [-0.1, -0.05) is 17.7 Å². The van der Waals surface area contributed by atoms with Crippen molar-refractivity contribution < 1.29 is 34.4 Å². The van der Waals surface area contributed by atoms with Crippen molar-refractivity contribution in [2.45, 2.75) is 25.5 Å². The van der Waals surface area contributed by atoms with Gasteiger partial charge in [0.15, 0.2) is 5.96 Å². The molecule has 14 heteroatoms. The molecule has 0 saturated heterocycles. The first-order chi connectivity index (χ1) is 17.6. The van der Waals surface area contributed by atoms with Crippen molar-refractivity contribution in [3.63, 3.8) is 0 Å². The first-order valence-corrected chi connectivity index (χ1v) is 11.5. The minimum absolute atomic E-state index is 0.0231. The third-order valence-corrected chi connectivity index (χ3v) is 5.55. The molecule has 1 aliphatic heterocycles. The molecule has 2 aromatic rings. The molecule has 0 bridgehead atoms. The third kappa shape index (κ3) is 7.44. The lowest BCUT2D eigenvalue weighted by atomic mass is 10.00. The predicted octanol–water partition coefficient (Wildman–Crippen LogP) is 0.552. The summed E-state index contributed by atoms with van der Waals surface area (Å²) in [4.78, 5) is 44.8. The molecule has 2 heterocycles. The van der Waals surface area contributed by atoms with Gasteiger partial charge in [0.25, 0.3) is 5.91 Å². The SMILES string of the molecule is COc1ncc(C(=O)NCC(=O)NC(CC(=O)O)c2cc(C)cc(Cl)c2O)cc1NC1=NCC(O)CN1. The summed E-state index contributed by atoms with van der Waals surface area (Å²) >= 11 is 6.00. The standard InChI is InChI=1S/C23H27ClN6O7/c1-11-3-14(20(35)15(24)4-11)16(6-19(33)34)29-18(32)10-25-21(36)12-5-17(22(37-2)26-7-12)30-23-27-8-13(31)9-28-23/h3-5,7,13,16,31,35H,6,8-10H2,1-2H3,(H,25,36)(H,29,32)(H,33,34)(H2,27,28,30). The molecule has 0 spiro atoms. The number of halogens is 1. The highest BCUT2D eigenvalue weighted by Gasteiger charge is 2.23. The summed E-state index contributed by atoms with van der Waals surface area (Å²) in [7, 11) is 1.41. The van der Waals surface area contributed by atoms with E-state index in [9.17, 15) is 29.7 Å². The Balaban J connectivity index is 1.68. The zero-order valence-electron chi connectivity index (χ0n) is 20.0. The van der Waals surface area contributed by atoms with Crippen molar-refractivity contribution in [2.24, 2.45) is 4.99 Å². The number of carbonyl (C=O) groups excluding carboxylic acids is 2. The van der Waals surface area contributed by atoms with E-state index in [0.717, 1.165) is 0 Å². The van der Waals surface area contributed by atoms with Gasteiger partial charge in [0, 0.05) is 18.3 Å². The number of pyridine rings is 1. The van der Waals surface area contributed by atoms with Crippen LogP contribution in [0, 0.1) is 6.92 Å². The Labute approximate surface area is 216 Å². The Morgan fingerprint density at radius 1 is 1.30 bits per heavy atom. The van der Waals surface area contributed by atoms with Crippen molar-refractivity contribution in [2.75, 3.05) is 32.1 Å². The van der Waals surface area contributed by atoms with E-state index in [4.69, 9.17) is 16.3 Å². The first kappa shape index (κ1) is 27.5. The van der Waals surface area contributed by atoms with E-state index in [1.165, 1.54) is 31.5 Å². The molecule has 198 valence electrons. The number of anilines is 1. The van der Waals surface area contributed by atoms with Crippen LogP contribution in [0.3, 0.4) is 0 Å². The molecule has 1 aliphatic rings. The molecule has 0 radical (unpaired) electrons. The molecule has 3 rings (SSSR count). The number of aromatic hydroxyl groups is 1. The zero-order valence-corrected chi connectivity index (χ0v) is 20.8. The second-order valence-electron chi connectivity index (χ2n) is 8.22. The van der Waals surface area contributed by atoms with Gasteiger partial charge >= 0.3 is 5.97 Å². The highest BCUT2D eigenvalue weighted by molar-refractivity contribution is 6.32. The number of carbonyl (C=O) groups is 3. The lowest BCUT2D eigenvalue weighted by molar-refractivity contribution is -0.137. The molecule has 1 aromatic carbocycles. The molecule has 0 fully saturated rings. The van der Waals surface area contributed by atoms with Crippen molar-refractivity contribution >= 4 is 41.0 Å². The molecular formula is C23H27ClN6O7. The number of nitrogens with one attached hydrogen (secondary N) is 4. The monoisotopic (exact) mass is 534 g/mol. The van der Waals surface area contributed by atoms with Gasteiger partial charge in [-0.3, -0.25) is 19.4 Å². The van der Waals surface area contributed by atoms with Crippen LogP contribution in [0.25, 0.3) is 0 Å². The van der Waals surface area contributed by atoms with Gasteiger partial charge in [0.05, 0.1) is 49.4 Å². The summed E-state index contributed by atoms with van der Waals surface area (Å²) in [6, 6.07) is 3.40. The minimum atomic E-state index is -1.21. The molecule has 1 aromatic heterocycles. The minimum Gasteiger partial charge on any atom is -0.506 e. The number of aliphatic hydroxyl groups excluding tert-OH is 1. The first-order valence-electron chi connectivity index (χ1n) is 11.1. The van der Waals surface area contributed by atoms with E-state index < -0.39 is 42.9 Å². The summed E-state index contributed by atoms with van der Waals surface area (Å²) in [5.74, 6) is -2.29. The number of aliphatic imine (C=N–C) groups is 1. The number of nitrogens with zero attached hydrogens (tertiary/aromatic N) is 2. The van der Waals surface area contributed by atoms with Crippen molar-refractivity contribution in [1.82, 2.24) is 20.9 Å². The number of aliphatic carboxylic acids is 1. The van der Waals surface area contributed by atoms with Gasteiger partial charge in [-0.05, 0) is 24.6 Å². The molecule has 7 N–H and O–H groups in total. The number of hydrogen-bond donors (Lipinski definition) is 7. The molecule has 2 amide bonds. The fourth-order valence-electron chi connectivity index (χ4n) is 3.52. The van der Waals surface area contributed by atoms with Gasteiger partial charge in [0.2, 0.25) is 11.8 Å². The van der Waals surface area contributed by atoms with Gasteiger partial charge in [-0.2, -0.15) is 0 Å². The second kappa shape index (κ2) is 12.2. The lowest BCUT2D eigenvalue weighted by Crippen LogP contribution is -2.42. The van der Waals surface area contributed by atoms with Gasteiger partial charge in [-0.25, -0.2) is 4.98 Å². The number of hydrogen-bond acceptors (Lipinski definition) is 10. The van der Waals surface area contributed by atoms with Crippen LogP contribution in [0.15, 0.2) is 29.4 Å². The molecule has 0 aliphatic carbocycles. The van der Waals surface area contributed by atoms with E-state index in [1.807, 2.05) is 0 Å². The number of methoxy groups -OCH3 is 1. The number of guanidine groups is 1. The number of ether oxygens (including phenoxy) is 1. The summed E-state index contributed by atoms with van der Waals surface area (Å²) < 4.78 is 5.21. The average molecular weight is 535 g/mol. The number of carboxylic acids is 1. The number of phenols is 1. The highest BCUT2D eigenvalue weighted by atomic mass is 35.5. The van der Waals surface area contributed by atoms with Crippen molar-refractivity contribution in [3.8, 4) is 11.6 Å². The predicted molar refractivity (Wildman–Crippen MR) is 134 cm³/mol.